The Morgan fingerprint density at radius 2 is 1.73 bits per heavy atom. The summed E-state index contributed by atoms with van der Waals surface area (Å²) in [5.41, 5.74) is 7.83. The molecule has 0 aliphatic rings. The molecule has 0 unspecified atom stereocenters. The number of hydrogen-bond donors (Lipinski definition) is 3. The zero-order valence-electron chi connectivity index (χ0n) is 15.8. The van der Waals surface area contributed by atoms with E-state index in [1.807, 2.05) is 47.4 Å². The van der Waals surface area contributed by atoms with E-state index >= 15 is 0 Å². The first-order chi connectivity index (χ1) is 14.4. The molecule has 2 heterocycles. The normalized spacial score (nSPS) is 11.2. The first kappa shape index (κ1) is 19.8. The first-order valence-corrected chi connectivity index (χ1v) is 11.2. The Morgan fingerprint density at radius 3 is 2.47 bits per heavy atom. The molecule has 4 rings (SSSR count). The van der Waals surface area contributed by atoms with E-state index in [4.69, 9.17) is 0 Å². The van der Waals surface area contributed by atoms with Gasteiger partial charge in [-0.15, -0.1) is 11.3 Å². The highest BCUT2D eigenvalue weighted by Crippen LogP contribution is 2.36. The number of rotatable bonds is 5. The standard InChI is InChI=1S/C20H17N5O3S2/c1-13-7-9-15(10-8-13)30(27,28)25-20(26)24-23-18-17-16(14-5-3-2-4-6-14)11-29-19(17)22-12-21-18/h2-12H,1H3,(H,21,22,23)(H2,24,25,26). The molecule has 10 heteroatoms. The van der Waals surface area contributed by atoms with Gasteiger partial charge in [0.05, 0.1) is 10.3 Å². The van der Waals surface area contributed by atoms with Crippen LogP contribution in [0.25, 0.3) is 21.3 Å². The van der Waals surface area contributed by atoms with Gasteiger partial charge in [0.2, 0.25) is 0 Å². The van der Waals surface area contributed by atoms with Crippen molar-refractivity contribution < 1.29 is 13.2 Å². The van der Waals surface area contributed by atoms with Crippen LogP contribution in [-0.4, -0.2) is 24.4 Å². The van der Waals surface area contributed by atoms with Gasteiger partial charge in [0.1, 0.15) is 11.2 Å². The number of carbonyl (C=O) groups excluding carboxylic acids is 1. The Hall–Kier alpha value is -3.50. The van der Waals surface area contributed by atoms with Crippen molar-refractivity contribution in [1.29, 1.82) is 0 Å². The third-order valence-electron chi connectivity index (χ3n) is 4.31. The molecular weight excluding hydrogens is 422 g/mol. The number of carbonyl (C=O) groups is 1. The summed E-state index contributed by atoms with van der Waals surface area (Å²) in [5, 5.41) is 2.69. The Kier molecular flexibility index (Phi) is 5.34. The van der Waals surface area contributed by atoms with Gasteiger partial charge in [0.15, 0.2) is 5.82 Å². The number of hydrogen-bond acceptors (Lipinski definition) is 7. The van der Waals surface area contributed by atoms with Crippen LogP contribution < -0.4 is 15.6 Å². The molecule has 0 bridgehead atoms. The van der Waals surface area contributed by atoms with Crippen LogP contribution >= 0.6 is 11.3 Å². The zero-order valence-corrected chi connectivity index (χ0v) is 17.4. The minimum Gasteiger partial charge on any atom is -0.280 e. The fourth-order valence-corrected chi connectivity index (χ4v) is 4.66. The zero-order chi connectivity index (χ0) is 21.1. The van der Waals surface area contributed by atoms with Gasteiger partial charge in [-0.2, -0.15) is 0 Å². The molecule has 30 heavy (non-hydrogen) atoms. The molecule has 4 aromatic rings. The topological polar surface area (TPSA) is 113 Å². The maximum atomic E-state index is 12.4. The predicted molar refractivity (Wildman–Crippen MR) is 117 cm³/mol. The van der Waals surface area contributed by atoms with Crippen LogP contribution in [0, 0.1) is 6.92 Å². The second kappa shape index (κ2) is 8.09. The summed E-state index contributed by atoms with van der Waals surface area (Å²) in [4.78, 5) is 21.4. The van der Waals surface area contributed by atoms with E-state index < -0.39 is 16.1 Å². The summed E-state index contributed by atoms with van der Waals surface area (Å²) >= 11 is 1.45. The third kappa shape index (κ3) is 4.09. The highest BCUT2D eigenvalue weighted by Gasteiger charge is 2.18. The number of aromatic nitrogens is 2. The Bertz CT molecular complexity index is 1300. The van der Waals surface area contributed by atoms with E-state index in [9.17, 15) is 13.2 Å². The number of hydrazine groups is 1. The van der Waals surface area contributed by atoms with Gasteiger partial charge >= 0.3 is 6.03 Å². The average Bonchev–Trinajstić information content (AvgIpc) is 3.18. The molecule has 3 N–H and O–H groups in total. The van der Waals surface area contributed by atoms with E-state index in [1.165, 1.54) is 29.8 Å². The largest absolute Gasteiger partial charge is 0.347 e. The van der Waals surface area contributed by atoms with Crippen LogP contribution in [0.5, 0.6) is 0 Å². The summed E-state index contributed by atoms with van der Waals surface area (Å²) in [6.07, 6.45) is 1.37. The lowest BCUT2D eigenvalue weighted by Gasteiger charge is -2.11. The molecule has 0 saturated heterocycles. The van der Waals surface area contributed by atoms with E-state index in [2.05, 4.69) is 20.8 Å². The fraction of sp³-hybridized carbons (Fsp3) is 0.0500. The maximum Gasteiger partial charge on any atom is 0.347 e. The minimum absolute atomic E-state index is 0.00289. The summed E-state index contributed by atoms with van der Waals surface area (Å²) in [6.45, 7) is 1.84. The van der Waals surface area contributed by atoms with E-state index in [0.29, 0.717) is 5.82 Å². The maximum absolute atomic E-state index is 12.4. The molecule has 2 amide bonds. The third-order valence-corrected chi connectivity index (χ3v) is 6.54. The van der Waals surface area contributed by atoms with Gasteiger partial charge in [0, 0.05) is 10.9 Å². The molecule has 2 aromatic carbocycles. The van der Waals surface area contributed by atoms with Crippen LogP contribution in [0.3, 0.4) is 0 Å². The molecule has 0 radical (unpaired) electrons. The minimum atomic E-state index is -4.00. The quantitative estimate of drug-likeness (QED) is 0.409. The number of sulfonamides is 1. The summed E-state index contributed by atoms with van der Waals surface area (Å²) in [5.74, 6) is 0.364. The van der Waals surface area contributed by atoms with Crippen LogP contribution in [0.1, 0.15) is 5.56 Å². The van der Waals surface area contributed by atoms with Gasteiger partial charge in [-0.3, -0.25) is 5.43 Å². The van der Waals surface area contributed by atoms with Crippen molar-refractivity contribution in [2.75, 3.05) is 5.43 Å². The summed E-state index contributed by atoms with van der Waals surface area (Å²) in [7, 11) is -4.00. The van der Waals surface area contributed by atoms with E-state index in [0.717, 1.165) is 26.9 Å². The van der Waals surface area contributed by atoms with Gasteiger partial charge < -0.3 is 0 Å². The number of thiophene rings is 1. The number of nitrogens with zero attached hydrogens (tertiary/aromatic N) is 2. The van der Waals surface area contributed by atoms with Gasteiger partial charge in [0.25, 0.3) is 10.0 Å². The van der Waals surface area contributed by atoms with Gasteiger partial charge in [-0.25, -0.2) is 33.3 Å². The highest BCUT2D eigenvalue weighted by atomic mass is 32.2. The van der Waals surface area contributed by atoms with Crippen LogP contribution in [0.2, 0.25) is 0 Å². The first-order valence-electron chi connectivity index (χ1n) is 8.87. The van der Waals surface area contributed by atoms with Crippen LogP contribution in [-0.2, 0) is 10.0 Å². The molecule has 0 spiro atoms. The molecule has 0 fully saturated rings. The Morgan fingerprint density at radius 1 is 1.00 bits per heavy atom. The summed E-state index contributed by atoms with van der Waals surface area (Å²) < 4.78 is 26.7. The van der Waals surface area contributed by atoms with Crippen molar-refractivity contribution in [2.45, 2.75) is 11.8 Å². The SMILES string of the molecule is Cc1ccc(S(=O)(=O)NC(=O)NNc2ncnc3scc(-c4ccccc4)c23)cc1. The molecule has 0 atom stereocenters. The Labute approximate surface area is 177 Å². The van der Waals surface area contributed by atoms with Crippen molar-refractivity contribution in [3.63, 3.8) is 0 Å². The van der Waals surface area contributed by atoms with Crippen molar-refractivity contribution in [3.8, 4) is 11.1 Å². The van der Waals surface area contributed by atoms with Crippen molar-refractivity contribution in [2.24, 2.45) is 0 Å². The number of anilines is 1. The second-order valence-electron chi connectivity index (χ2n) is 6.42. The van der Waals surface area contributed by atoms with Crippen molar-refractivity contribution in [1.82, 2.24) is 20.1 Å². The number of nitrogens with one attached hydrogen (secondary N) is 3. The molecule has 0 saturated carbocycles. The highest BCUT2D eigenvalue weighted by molar-refractivity contribution is 7.90. The smallest absolute Gasteiger partial charge is 0.280 e. The molecule has 0 aliphatic heterocycles. The number of urea groups is 1. The second-order valence-corrected chi connectivity index (χ2v) is 8.96. The summed E-state index contributed by atoms with van der Waals surface area (Å²) in [6, 6.07) is 15.0. The number of aryl methyl sites for hydroxylation is 1. The van der Waals surface area contributed by atoms with Gasteiger partial charge in [-0.1, -0.05) is 48.0 Å². The van der Waals surface area contributed by atoms with Crippen molar-refractivity contribution in [3.05, 3.63) is 71.9 Å². The number of fused-ring (bicyclic) bond motifs is 1. The average molecular weight is 440 g/mol. The molecule has 0 aliphatic carbocycles. The van der Waals surface area contributed by atoms with Crippen LogP contribution in [0.4, 0.5) is 10.6 Å². The lowest BCUT2D eigenvalue weighted by molar-refractivity contribution is 0.247. The molecule has 2 aromatic heterocycles. The van der Waals surface area contributed by atoms with Gasteiger partial charge in [-0.05, 0) is 24.6 Å². The number of benzene rings is 2. The van der Waals surface area contributed by atoms with E-state index in [1.54, 1.807) is 12.1 Å². The lowest BCUT2D eigenvalue weighted by Crippen LogP contribution is -2.42. The monoisotopic (exact) mass is 439 g/mol. The number of amides is 2. The van der Waals surface area contributed by atoms with Crippen molar-refractivity contribution >= 4 is 43.4 Å². The molecule has 152 valence electrons. The van der Waals surface area contributed by atoms with Crippen LogP contribution in [0.15, 0.2) is 71.2 Å². The lowest BCUT2D eigenvalue weighted by atomic mass is 10.1. The fourth-order valence-electron chi connectivity index (χ4n) is 2.84. The molecule has 8 nitrogen and oxygen atoms in total. The molecular formula is C20H17N5O3S2. The Balaban J connectivity index is 1.53. The van der Waals surface area contributed by atoms with E-state index in [-0.39, 0.29) is 4.90 Å². The predicted octanol–water partition coefficient (Wildman–Crippen LogP) is 3.68.